The van der Waals surface area contributed by atoms with Crippen LogP contribution in [-0.2, 0) is 31.6 Å². The van der Waals surface area contributed by atoms with Crippen LogP contribution < -0.4 is 58.8 Å². The van der Waals surface area contributed by atoms with Gasteiger partial charge in [0.25, 0.3) is 21.2 Å². The molecule has 1 saturated heterocycles. The summed E-state index contributed by atoms with van der Waals surface area (Å²) in [5, 5.41) is 10.1. The smallest absolute Gasteiger partial charge is 0.756 e. The Morgan fingerprint density at radius 2 is 1.91 bits per heavy atom. The van der Waals surface area contributed by atoms with Gasteiger partial charge in [-0.3, -0.25) is 28.0 Å². The van der Waals surface area contributed by atoms with E-state index in [0.29, 0.717) is 0 Å². The molecule has 23 heteroatoms. The molecule has 0 aromatic carbocycles. The molecule has 0 saturated carbocycles. The van der Waals surface area contributed by atoms with Crippen molar-refractivity contribution in [2.75, 3.05) is 12.3 Å². The van der Waals surface area contributed by atoms with Gasteiger partial charge < -0.3 is 35.2 Å². The molecule has 0 aliphatic carbocycles. The fourth-order valence-corrected chi connectivity index (χ4v) is 5.58. The zero-order valence-electron chi connectivity index (χ0n) is 16.9. The number of aromatic amines is 1. The molecule has 3 heterocycles. The second-order valence-electron chi connectivity index (χ2n) is 6.05. The molecule has 174 valence electrons. The average molecular weight is 534 g/mol. The first kappa shape index (κ1) is 30.7. The van der Waals surface area contributed by atoms with Crippen molar-refractivity contribution in [3.05, 3.63) is 16.7 Å². The first-order chi connectivity index (χ1) is 14.2. The summed E-state index contributed by atoms with van der Waals surface area (Å²) in [5.41, 5.74) is 4.84. The average Bonchev–Trinajstić information content (AvgIpc) is 3.13. The Bertz CT molecular complexity index is 1190. The number of anilines is 1. The number of nitrogen functional groups attached to an aromatic ring is 1. The van der Waals surface area contributed by atoms with Gasteiger partial charge in [-0.05, 0) is 0 Å². The predicted octanol–water partition coefficient (Wildman–Crippen LogP) is -8.56. The van der Waals surface area contributed by atoms with Gasteiger partial charge in [0.2, 0.25) is 5.95 Å². The quantitative estimate of drug-likeness (QED) is 0.0910. The number of hydrogen-bond donors (Lipinski definition) is 5. The van der Waals surface area contributed by atoms with Crippen LogP contribution in [-0.4, -0.2) is 53.2 Å². The number of rotatable bonds is 8. The molecule has 6 N–H and O–H groups in total. The molecule has 0 bridgehead atoms. The molecular formula is C10H14Li2N5O13P3. The van der Waals surface area contributed by atoms with E-state index in [-0.39, 0.29) is 61.3 Å². The number of phosphoric ester groups is 1. The maximum atomic E-state index is 11.8. The number of nitrogens with zero attached hydrogens (tertiary/aromatic N) is 3. The molecule has 1 aliphatic rings. The van der Waals surface area contributed by atoms with E-state index >= 15 is 0 Å². The summed E-state index contributed by atoms with van der Waals surface area (Å²) < 4.78 is 51.2. The molecule has 3 unspecified atom stereocenters. The van der Waals surface area contributed by atoms with Crippen LogP contribution in [0.15, 0.2) is 11.1 Å². The third-order valence-corrected chi connectivity index (χ3v) is 7.50. The molecule has 6 atom stereocenters. The van der Waals surface area contributed by atoms with E-state index in [9.17, 15) is 38.3 Å². The fourth-order valence-electron chi connectivity index (χ4n) is 2.65. The maximum Gasteiger partial charge on any atom is 1.00 e. The Morgan fingerprint density at radius 3 is 2.52 bits per heavy atom. The van der Waals surface area contributed by atoms with Crippen LogP contribution in [0.3, 0.4) is 0 Å². The van der Waals surface area contributed by atoms with Crippen molar-refractivity contribution in [2.45, 2.75) is 24.9 Å². The van der Waals surface area contributed by atoms with Gasteiger partial charge in [-0.25, -0.2) is 18.2 Å². The topological polar surface area (TPSA) is 285 Å². The van der Waals surface area contributed by atoms with E-state index in [4.69, 9.17) is 15.4 Å². The molecule has 33 heavy (non-hydrogen) atoms. The van der Waals surface area contributed by atoms with Gasteiger partial charge in [0.15, 0.2) is 11.2 Å². The number of fused-ring (bicyclic) bond motifs is 1. The molecule has 0 amide bonds. The number of nitrogens with one attached hydrogen (secondary N) is 1. The van der Waals surface area contributed by atoms with Crippen LogP contribution in [0.4, 0.5) is 5.95 Å². The van der Waals surface area contributed by atoms with E-state index in [1.54, 1.807) is 0 Å². The van der Waals surface area contributed by atoms with Gasteiger partial charge in [0, 0.05) is 6.42 Å². The van der Waals surface area contributed by atoms with Gasteiger partial charge in [-0.1, -0.05) is 0 Å². The number of aliphatic hydroxyl groups excluding tert-OH is 1. The first-order valence-electron chi connectivity index (χ1n) is 7.96. The minimum absolute atomic E-state index is 0. The van der Waals surface area contributed by atoms with Crippen LogP contribution in [0.2, 0.25) is 0 Å². The zero-order chi connectivity index (χ0) is 23.2. The molecule has 2 aromatic rings. The molecule has 1 fully saturated rings. The Kier molecular flexibility index (Phi) is 10.4. The summed E-state index contributed by atoms with van der Waals surface area (Å²) in [7, 11) is -17.3. The summed E-state index contributed by atoms with van der Waals surface area (Å²) in [4.78, 5) is 61.2. The Morgan fingerprint density at radius 1 is 1.27 bits per heavy atom. The fraction of sp³-hybridized carbons (Fsp3) is 0.500. The summed E-state index contributed by atoms with van der Waals surface area (Å²) in [5.74, 6) is -0.203. The molecule has 0 spiro atoms. The minimum atomic E-state index is -5.98. The van der Waals surface area contributed by atoms with E-state index in [1.165, 1.54) is 10.9 Å². The van der Waals surface area contributed by atoms with Crippen molar-refractivity contribution in [1.82, 2.24) is 19.5 Å². The monoisotopic (exact) mass is 534 g/mol. The number of phosphoric acid groups is 3. The van der Waals surface area contributed by atoms with Gasteiger partial charge in [0.05, 0.1) is 19.0 Å². The van der Waals surface area contributed by atoms with Crippen LogP contribution in [0.25, 0.3) is 11.2 Å². The molecule has 3 rings (SSSR count). The van der Waals surface area contributed by atoms with Crippen molar-refractivity contribution in [2.24, 2.45) is 0 Å². The van der Waals surface area contributed by atoms with Gasteiger partial charge in [0.1, 0.15) is 12.3 Å². The van der Waals surface area contributed by atoms with Gasteiger partial charge in [-0.2, -0.15) is 4.98 Å². The standard InChI is InChI=1S/C10H16N5O13P3.2Li/c11-10-13-8-7(9(17)14-10)12-3-15(8)6-1-4(16)5(26-6)2-25-30(21,22)28-31(23,24)27-29(18,19)20;;/h3-6,16H,1-2H2,(H,21,22)(H,23,24)(H2,18,19,20)(H3,11,13,14,17);;/q;2*+1/p-2/t4-,5-,6-;;/m1../s1/i1+1,2+1,3+1,4+1,5+1,6+1,7+1,8+1,9+1,10+1,11+1,12+1,13+1,14+1,15+1;;. The zero-order valence-corrected chi connectivity index (χ0v) is 19.6. The third-order valence-electron chi connectivity index (χ3n) is 3.77. The normalized spacial score (nSPS) is 25.9. The second kappa shape index (κ2) is 11.2. The van der Waals surface area contributed by atoms with Crippen molar-refractivity contribution in [1.29, 1.82) is 0 Å². The van der Waals surface area contributed by atoms with Crippen LogP contribution in [0, 0.1) is 0 Å². The molecule has 0 radical (unpaired) electrons. The van der Waals surface area contributed by atoms with E-state index in [2.05, 4.69) is 28.1 Å². The SMILES string of the molecule is [15NH2][13c]1[15n][13c]2[13c]([15n][13cH][15n]2[13C@H]2[13CH2][13C@@H](O)[13C@@H]([13CH2]OP(=O)(O)OP(=O)([O-])OP(=O)([O-])O)O2)[13c](=O)[15nH]1.[Li+].[Li+]. The number of imidazole rings is 1. The summed E-state index contributed by atoms with van der Waals surface area (Å²) >= 11 is 0. The number of aromatic nitrogens is 4. The Labute approximate surface area is 207 Å². The molecular weight excluding hydrogens is 520 g/mol. The van der Waals surface area contributed by atoms with Gasteiger partial charge in [-0.15, -0.1) is 0 Å². The molecule has 2 aromatic heterocycles. The summed E-state index contributed by atoms with van der Waals surface area (Å²) in [6.45, 7) is -0.887. The van der Waals surface area contributed by atoms with Crippen molar-refractivity contribution in [3.8, 4) is 0 Å². The Hall–Kier alpha value is -0.325. The second-order valence-corrected chi connectivity index (χ2v) is 10.4. The first-order valence-corrected chi connectivity index (χ1v) is 12.4. The maximum absolute atomic E-state index is 11.8. The minimum Gasteiger partial charge on any atom is -0.756 e. The van der Waals surface area contributed by atoms with Crippen molar-refractivity contribution >= 4 is 40.6 Å². The largest absolute Gasteiger partial charge is 1.00 e. The number of nitrogens with two attached hydrogens (primary N) is 1. The van der Waals surface area contributed by atoms with E-state index < -0.39 is 54.1 Å². The number of hydrogen-bond acceptors (Lipinski definition) is 14. The van der Waals surface area contributed by atoms with Crippen molar-refractivity contribution in [3.63, 3.8) is 0 Å². The Balaban J connectivity index is 0.00000272. The number of ether oxygens (including phenoxy) is 1. The van der Waals surface area contributed by atoms with E-state index in [0.717, 1.165) is 0 Å². The predicted molar refractivity (Wildman–Crippen MR) is 92.5 cm³/mol. The molecule has 1 aliphatic heterocycles. The summed E-state index contributed by atoms with van der Waals surface area (Å²) in [6, 6.07) is 0. The number of H-pyrrole nitrogens is 1. The third kappa shape index (κ3) is 8.10. The van der Waals surface area contributed by atoms with Crippen LogP contribution >= 0.6 is 23.5 Å². The van der Waals surface area contributed by atoms with Crippen molar-refractivity contribution < 1.29 is 94.0 Å². The van der Waals surface area contributed by atoms with E-state index in [1.807, 2.05) is 0 Å². The number of aliphatic hydroxyl groups is 1. The molecule has 18 nitrogen and oxygen atoms in total. The summed E-state index contributed by atoms with van der Waals surface area (Å²) in [6.07, 6.45) is -2.47. The van der Waals surface area contributed by atoms with Gasteiger partial charge >= 0.3 is 45.5 Å². The van der Waals surface area contributed by atoms with Crippen LogP contribution in [0.5, 0.6) is 0 Å². The van der Waals surface area contributed by atoms with Crippen LogP contribution in [0.1, 0.15) is 12.6 Å².